The highest BCUT2D eigenvalue weighted by Gasteiger charge is 2.21. The highest BCUT2D eigenvalue weighted by Crippen LogP contribution is 2.39. The summed E-state index contributed by atoms with van der Waals surface area (Å²) in [7, 11) is 0. The van der Waals surface area contributed by atoms with Crippen LogP contribution in [0.3, 0.4) is 0 Å². The number of amides is 1. The van der Waals surface area contributed by atoms with Crippen molar-refractivity contribution in [1.29, 1.82) is 0 Å². The summed E-state index contributed by atoms with van der Waals surface area (Å²) < 4.78 is 0. The molecule has 1 aromatic carbocycles. The van der Waals surface area contributed by atoms with Crippen LogP contribution < -0.4 is 11.1 Å². The molecule has 3 aromatic rings. The summed E-state index contributed by atoms with van der Waals surface area (Å²) in [6.45, 7) is 0.545. The van der Waals surface area contributed by atoms with E-state index in [1.165, 1.54) is 16.9 Å². The van der Waals surface area contributed by atoms with Gasteiger partial charge in [-0.25, -0.2) is 9.97 Å². The number of thioether (sulfide) groups is 1. The highest BCUT2D eigenvalue weighted by atomic mass is 32.2. The molecule has 6 nitrogen and oxygen atoms in total. The molecule has 0 saturated heterocycles. The van der Waals surface area contributed by atoms with Gasteiger partial charge in [0, 0.05) is 29.3 Å². The second-order valence-corrected chi connectivity index (χ2v) is 8.77. The molecule has 1 aliphatic carbocycles. The zero-order valence-electron chi connectivity index (χ0n) is 15.4. The number of rotatable bonds is 7. The molecule has 28 heavy (non-hydrogen) atoms. The third-order valence-corrected chi connectivity index (χ3v) is 6.88. The minimum absolute atomic E-state index is 0.0723. The Bertz CT molecular complexity index is 1000. The Hall–Kier alpha value is -2.16. The number of anilines is 1. The summed E-state index contributed by atoms with van der Waals surface area (Å²) in [5.74, 6) is 1.17. The van der Waals surface area contributed by atoms with Crippen LogP contribution in [-0.4, -0.2) is 34.1 Å². The number of hydrogen-bond acceptors (Lipinski definition) is 7. The Kier molecular flexibility index (Phi) is 5.79. The topological polar surface area (TPSA) is 101 Å². The van der Waals surface area contributed by atoms with E-state index in [-0.39, 0.29) is 12.5 Å². The first-order valence-electron chi connectivity index (χ1n) is 9.34. The quantitative estimate of drug-likeness (QED) is 0.312. The van der Waals surface area contributed by atoms with Gasteiger partial charge in [0.1, 0.15) is 10.6 Å². The molecule has 0 unspecified atom stereocenters. The number of nitrogens with two attached hydrogens (primary N) is 1. The fourth-order valence-electron chi connectivity index (χ4n) is 3.35. The molecular weight excluding hydrogens is 392 g/mol. The highest BCUT2D eigenvalue weighted by molar-refractivity contribution is 7.98. The monoisotopic (exact) mass is 414 g/mol. The van der Waals surface area contributed by atoms with E-state index >= 15 is 0 Å². The minimum Gasteiger partial charge on any atom is -0.396 e. The number of aromatic nitrogens is 2. The predicted molar refractivity (Wildman–Crippen MR) is 114 cm³/mol. The number of carbonyl (C=O) groups excluding carboxylic acids is 1. The van der Waals surface area contributed by atoms with Crippen molar-refractivity contribution in [3.8, 4) is 0 Å². The zero-order chi connectivity index (χ0) is 19.5. The van der Waals surface area contributed by atoms with E-state index in [1.54, 1.807) is 23.1 Å². The van der Waals surface area contributed by atoms with E-state index < -0.39 is 0 Å². The summed E-state index contributed by atoms with van der Waals surface area (Å²) in [6, 6.07) is 7.50. The number of thiophene rings is 1. The maximum absolute atomic E-state index is 12.0. The van der Waals surface area contributed by atoms with Gasteiger partial charge in [-0.15, -0.1) is 11.3 Å². The first kappa shape index (κ1) is 19.2. The number of aliphatic hydroxyl groups is 1. The van der Waals surface area contributed by atoms with Crippen LogP contribution in [0.2, 0.25) is 0 Å². The average molecular weight is 415 g/mol. The average Bonchev–Trinajstić information content (AvgIpc) is 3.27. The van der Waals surface area contributed by atoms with Gasteiger partial charge < -0.3 is 16.2 Å². The van der Waals surface area contributed by atoms with Gasteiger partial charge in [0.05, 0.1) is 5.39 Å². The van der Waals surface area contributed by atoms with Crippen LogP contribution in [0.5, 0.6) is 0 Å². The van der Waals surface area contributed by atoms with E-state index in [1.807, 2.05) is 24.3 Å². The molecule has 0 aliphatic heterocycles. The van der Waals surface area contributed by atoms with Crippen LogP contribution in [0.4, 0.5) is 5.82 Å². The Balaban J connectivity index is 1.41. The number of hydrogen-bond donors (Lipinski definition) is 3. The van der Waals surface area contributed by atoms with Gasteiger partial charge in [-0.2, -0.15) is 0 Å². The first-order chi connectivity index (χ1) is 13.7. The minimum atomic E-state index is -0.125. The number of fused-ring (bicyclic) bond motifs is 3. The van der Waals surface area contributed by atoms with Crippen LogP contribution in [0.15, 0.2) is 29.4 Å². The van der Waals surface area contributed by atoms with E-state index in [4.69, 9.17) is 15.8 Å². The molecule has 1 amide bonds. The molecule has 8 heteroatoms. The molecule has 1 aliphatic rings. The van der Waals surface area contributed by atoms with Crippen molar-refractivity contribution in [3.63, 3.8) is 0 Å². The fraction of sp³-hybridized carbons (Fsp3) is 0.350. The van der Waals surface area contributed by atoms with Crippen LogP contribution in [0.1, 0.15) is 39.2 Å². The van der Waals surface area contributed by atoms with Gasteiger partial charge in [-0.3, -0.25) is 4.79 Å². The normalized spacial score (nSPS) is 13.0. The second-order valence-electron chi connectivity index (χ2n) is 6.75. The summed E-state index contributed by atoms with van der Waals surface area (Å²) in [5.41, 5.74) is 9.28. The van der Waals surface area contributed by atoms with Crippen molar-refractivity contribution in [1.82, 2.24) is 15.3 Å². The zero-order valence-corrected chi connectivity index (χ0v) is 17.0. The molecule has 2 heterocycles. The Morgan fingerprint density at radius 2 is 2.07 bits per heavy atom. The lowest BCUT2D eigenvalue weighted by molar-refractivity contribution is 0.0951. The summed E-state index contributed by atoms with van der Waals surface area (Å²) in [4.78, 5) is 23.6. The number of nitrogens with zero attached hydrogens (tertiary/aromatic N) is 2. The SMILES string of the molecule is Nc1nc(SCc2ccc(C(=O)NCCCO)cc2)nc2sc3c(c12)CCC3. The standard InChI is InChI=1S/C20H22N4O2S2/c21-17-16-14-3-1-4-15(14)28-19(16)24-20(23-17)27-11-12-5-7-13(8-6-12)18(26)22-9-2-10-25/h5-8,25H,1-4,9-11H2,(H,22,26)(H2,21,23,24). The Labute approximate surface area is 171 Å². The number of nitrogens with one attached hydrogen (secondary N) is 1. The molecule has 0 atom stereocenters. The molecule has 0 spiro atoms. The maximum atomic E-state index is 12.0. The molecule has 4 N–H and O–H groups in total. The Morgan fingerprint density at radius 1 is 1.25 bits per heavy atom. The number of nitrogen functional groups attached to an aromatic ring is 1. The van der Waals surface area contributed by atoms with E-state index in [9.17, 15) is 4.79 Å². The number of benzene rings is 1. The largest absolute Gasteiger partial charge is 0.396 e. The number of aryl methyl sites for hydroxylation is 2. The maximum Gasteiger partial charge on any atom is 0.251 e. The van der Waals surface area contributed by atoms with Gasteiger partial charge in [0.25, 0.3) is 5.91 Å². The molecule has 0 saturated carbocycles. The number of carbonyl (C=O) groups is 1. The molecule has 2 aromatic heterocycles. The number of aliphatic hydroxyl groups excluding tert-OH is 1. The third kappa shape index (κ3) is 3.99. The van der Waals surface area contributed by atoms with Gasteiger partial charge in [0.2, 0.25) is 0 Å². The summed E-state index contributed by atoms with van der Waals surface area (Å²) >= 11 is 3.30. The van der Waals surface area contributed by atoms with E-state index in [0.717, 1.165) is 28.6 Å². The molecular formula is C20H22N4O2S2. The fourth-order valence-corrected chi connectivity index (χ4v) is 5.49. The van der Waals surface area contributed by atoms with Crippen molar-refractivity contribution in [3.05, 3.63) is 45.8 Å². The van der Waals surface area contributed by atoms with E-state index in [2.05, 4.69) is 10.3 Å². The lowest BCUT2D eigenvalue weighted by Gasteiger charge is -2.06. The molecule has 0 fully saturated rings. The van der Waals surface area contributed by atoms with Crippen molar-refractivity contribution in [2.75, 3.05) is 18.9 Å². The van der Waals surface area contributed by atoms with Crippen LogP contribution in [0.25, 0.3) is 10.2 Å². The molecule has 146 valence electrons. The predicted octanol–water partition coefficient (Wildman–Crippen LogP) is 3.17. The van der Waals surface area contributed by atoms with Crippen LogP contribution in [0, 0.1) is 0 Å². The molecule has 4 rings (SSSR count). The third-order valence-electron chi connectivity index (χ3n) is 4.78. The lowest BCUT2D eigenvalue weighted by atomic mass is 10.1. The van der Waals surface area contributed by atoms with Crippen molar-refractivity contribution < 1.29 is 9.90 Å². The summed E-state index contributed by atoms with van der Waals surface area (Å²) in [5, 5.41) is 13.3. The molecule has 0 radical (unpaired) electrons. The Morgan fingerprint density at radius 3 is 2.86 bits per heavy atom. The second kappa shape index (κ2) is 8.46. The van der Waals surface area contributed by atoms with Gasteiger partial charge >= 0.3 is 0 Å². The lowest BCUT2D eigenvalue weighted by Crippen LogP contribution is -2.24. The molecule has 0 bridgehead atoms. The van der Waals surface area contributed by atoms with Crippen molar-refractivity contribution in [2.45, 2.75) is 36.6 Å². The van der Waals surface area contributed by atoms with Gasteiger partial charge in [-0.1, -0.05) is 23.9 Å². The van der Waals surface area contributed by atoms with Crippen molar-refractivity contribution in [2.24, 2.45) is 0 Å². The van der Waals surface area contributed by atoms with Crippen molar-refractivity contribution >= 4 is 45.0 Å². The van der Waals surface area contributed by atoms with Gasteiger partial charge in [-0.05, 0) is 48.9 Å². The van der Waals surface area contributed by atoms with Crippen LogP contribution in [-0.2, 0) is 18.6 Å². The smallest absolute Gasteiger partial charge is 0.251 e. The first-order valence-corrected chi connectivity index (χ1v) is 11.1. The van der Waals surface area contributed by atoms with Gasteiger partial charge in [0.15, 0.2) is 5.16 Å². The summed E-state index contributed by atoms with van der Waals surface area (Å²) in [6.07, 6.45) is 3.96. The van der Waals surface area contributed by atoms with E-state index in [0.29, 0.717) is 35.3 Å². The van der Waals surface area contributed by atoms with Crippen LogP contribution >= 0.6 is 23.1 Å².